The Balaban J connectivity index is 2.41. The molecular formula is C10H18F2N2O. The maximum absolute atomic E-state index is 13.0. The minimum atomic E-state index is -2.70. The van der Waals surface area contributed by atoms with Gasteiger partial charge in [-0.3, -0.25) is 4.79 Å². The Hall–Kier alpha value is -0.710. The second kappa shape index (κ2) is 4.88. The molecule has 1 rings (SSSR count). The third-order valence-electron chi connectivity index (χ3n) is 2.73. The van der Waals surface area contributed by atoms with E-state index in [0.29, 0.717) is 6.54 Å². The molecule has 0 aromatic carbocycles. The lowest BCUT2D eigenvalue weighted by Gasteiger charge is -2.30. The smallest absolute Gasteiger partial charge is 0.262 e. The summed E-state index contributed by atoms with van der Waals surface area (Å²) in [6, 6.07) is -0.449. The minimum absolute atomic E-state index is 0.111. The summed E-state index contributed by atoms with van der Waals surface area (Å²) in [5.74, 6) is -2.95. The van der Waals surface area contributed by atoms with Crippen LogP contribution in [0.4, 0.5) is 8.78 Å². The van der Waals surface area contributed by atoms with Gasteiger partial charge in [0.05, 0.1) is 6.54 Å². The van der Waals surface area contributed by atoms with Crippen molar-refractivity contribution in [3.8, 4) is 0 Å². The van der Waals surface area contributed by atoms with Gasteiger partial charge in [-0.25, -0.2) is 8.78 Å². The highest BCUT2D eigenvalue weighted by atomic mass is 19.3. The molecule has 1 amide bonds. The van der Waals surface area contributed by atoms with Crippen molar-refractivity contribution in [3.63, 3.8) is 0 Å². The van der Waals surface area contributed by atoms with E-state index in [-0.39, 0.29) is 24.8 Å². The van der Waals surface area contributed by atoms with Crippen LogP contribution in [0.2, 0.25) is 0 Å². The lowest BCUT2D eigenvalue weighted by Crippen LogP contribution is -2.54. The first kappa shape index (κ1) is 12.4. The molecule has 1 heterocycles. The van der Waals surface area contributed by atoms with Crippen molar-refractivity contribution < 1.29 is 13.6 Å². The van der Waals surface area contributed by atoms with Crippen molar-refractivity contribution in [1.82, 2.24) is 10.6 Å². The average molecular weight is 220 g/mol. The number of rotatable bonds is 3. The van der Waals surface area contributed by atoms with Crippen LogP contribution in [0.3, 0.4) is 0 Å². The molecule has 2 N–H and O–H groups in total. The van der Waals surface area contributed by atoms with Crippen molar-refractivity contribution in [1.29, 1.82) is 0 Å². The summed E-state index contributed by atoms with van der Waals surface area (Å²) >= 11 is 0. The van der Waals surface area contributed by atoms with Crippen molar-refractivity contribution in [3.05, 3.63) is 0 Å². The normalized spacial score (nSPS) is 27.1. The highest BCUT2D eigenvalue weighted by Gasteiger charge is 2.36. The Labute approximate surface area is 88.6 Å². The summed E-state index contributed by atoms with van der Waals surface area (Å²) in [6.45, 7) is 3.84. The SMILES string of the molecule is CCC(C)C(=O)NC1CNCC(F)(F)C1. The highest BCUT2D eigenvalue weighted by Crippen LogP contribution is 2.22. The van der Waals surface area contributed by atoms with E-state index < -0.39 is 12.0 Å². The van der Waals surface area contributed by atoms with Gasteiger partial charge < -0.3 is 10.6 Å². The first-order valence-electron chi connectivity index (χ1n) is 5.33. The van der Waals surface area contributed by atoms with Crippen molar-refractivity contribution in [2.45, 2.75) is 38.7 Å². The summed E-state index contributed by atoms with van der Waals surface area (Å²) in [4.78, 5) is 11.5. The number of hydrogen-bond acceptors (Lipinski definition) is 2. The van der Waals surface area contributed by atoms with E-state index in [4.69, 9.17) is 0 Å². The quantitative estimate of drug-likeness (QED) is 0.749. The maximum Gasteiger partial charge on any atom is 0.262 e. The van der Waals surface area contributed by atoms with Crippen LogP contribution in [0, 0.1) is 5.92 Å². The summed E-state index contributed by atoms with van der Waals surface area (Å²) in [7, 11) is 0. The molecule has 3 nitrogen and oxygen atoms in total. The van der Waals surface area contributed by atoms with E-state index in [1.807, 2.05) is 6.92 Å². The van der Waals surface area contributed by atoms with Crippen LogP contribution in [0.25, 0.3) is 0 Å². The predicted molar refractivity (Wildman–Crippen MR) is 53.8 cm³/mol. The fourth-order valence-electron chi connectivity index (χ4n) is 1.57. The topological polar surface area (TPSA) is 41.1 Å². The molecule has 0 saturated carbocycles. The molecule has 15 heavy (non-hydrogen) atoms. The number of carbonyl (C=O) groups is 1. The fourth-order valence-corrected chi connectivity index (χ4v) is 1.57. The van der Waals surface area contributed by atoms with Crippen LogP contribution >= 0.6 is 0 Å². The number of halogens is 2. The van der Waals surface area contributed by atoms with E-state index >= 15 is 0 Å². The summed E-state index contributed by atoms with van der Waals surface area (Å²) in [5.41, 5.74) is 0. The zero-order valence-electron chi connectivity index (χ0n) is 9.15. The van der Waals surface area contributed by atoms with Gasteiger partial charge >= 0.3 is 0 Å². The Bertz CT molecular complexity index is 233. The van der Waals surface area contributed by atoms with Gasteiger partial charge in [0.25, 0.3) is 5.92 Å². The van der Waals surface area contributed by atoms with Gasteiger partial charge in [0.15, 0.2) is 0 Å². The Morgan fingerprint density at radius 1 is 1.67 bits per heavy atom. The molecular weight excluding hydrogens is 202 g/mol. The molecule has 2 unspecified atom stereocenters. The molecule has 0 aromatic heterocycles. The molecule has 0 aliphatic carbocycles. The average Bonchev–Trinajstić information content (AvgIpc) is 2.14. The van der Waals surface area contributed by atoms with Gasteiger partial charge in [-0.2, -0.15) is 0 Å². The molecule has 0 spiro atoms. The highest BCUT2D eigenvalue weighted by molar-refractivity contribution is 5.78. The van der Waals surface area contributed by atoms with Crippen LogP contribution in [0.15, 0.2) is 0 Å². The number of amides is 1. The molecule has 88 valence electrons. The number of alkyl halides is 2. The molecule has 0 radical (unpaired) electrons. The molecule has 2 atom stereocenters. The third kappa shape index (κ3) is 3.74. The second-order valence-corrected chi connectivity index (χ2v) is 4.21. The van der Waals surface area contributed by atoms with Crippen molar-refractivity contribution in [2.75, 3.05) is 13.1 Å². The van der Waals surface area contributed by atoms with Crippen molar-refractivity contribution in [2.24, 2.45) is 5.92 Å². The molecule has 1 aliphatic rings. The van der Waals surface area contributed by atoms with Gasteiger partial charge in [-0.15, -0.1) is 0 Å². The predicted octanol–water partition coefficient (Wildman–Crippen LogP) is 1.15. The zero-order chi connectivity index (χ0) is 11.5. The number of hydrogen-bond donors (Lipinski definition) is 2. The second-order valence-electron chi connectivity index (χ2n) is 4.21. The maximum atomic E-state index is 13.0. The number of nitrogens with one attached hydrogen (secondary N) is 2. The van der Waals surface area contributed by atoms with Crippen LogP contribution in [0.5, 0.6) is 0 Å². The van der Waals surface area contributed by atoms with Gasteiger partial charge in [0, 0.05) is 24.9 Å². The summed E-state index contributed by atoms with van der Waals surface area (Å²) in [6.07, 6.45) is 0.463. The van der Waals surface area contributed by atoms with Crippen LogP contribution in [-0.4, -0.2) is 31.0 Å². The monoisotopic (exact) mass is 220 g/mol. The zero-order valence-corrected chi connectivity index (χ0v) is 9.15. The van der Waals surface area contributed by atoms with E-state index in [0.717, 1.165) is 6.42 Å². The largest absolute Gasteiger partial charge is 0.352 e. The molecule has 0 bridgehead atoms. The van der Waals surface area contributed by atoms with Crippen LogP contribution in [0.1, 0.15) is 26.7 Å². The lowest BCUT2D eigenvalue weighted by molar-refractivity contribution is -0.126. The van der Waals surface area contributed by atoms with Gasteiger partial charge in [-0.05, 0) is 6.42 Å². The van der Waals surface area contributed by atoms with E-state index in [9.17, 15) is 13.6 Å². The summed E-state index contributed by atoms with van der Waals surface area (Å²) < 4.78 is 25.9. The lowest BCUT2D eigenvalue weighted by atomic mass is 10.0. The molecule has 1 fully saturated rings. The minimum Gasteiger partial charge on any atom is -0.352 e. The number of carbonyl (C=O) groups excluding carboxylic acids is 1. The Morgan fingerprint density at radius 2 is 2.33 bits per heavy atom. The van der Waals surface area contributed by atoms with Gasteiger partial charge in [0.2, 0.25) is 5.91 Å². The van der Waals surface area contributed by atoms with Crippen molar-refractivity contribution >= 4 is 5.91 Å². The third-order valence-corrected chi connectivity index (χ3v) is 2.73. The van der Waals surface area contributed by atoms with Crippen LogP contribution < -0.4 is 10.6 Å². The van der Waals surface area contributed by atoms with E-state index in [1.165, 1.54) is 0 Å². The molecule has 1 saturated heterocycles. The first-order valence-corrected chi connectivity index (χ1v) is 5.33. The molecule has 5 heteroatoms. The summed E-state index contributed by atoms with van der Waals surface area (Å²) in [5, 5.41) is 5.27. The van der Waals surface area contributed by atoms with Gasteiger partial charge in [0.1, 0.15) is 0 Å². The van der Waals surface area contributed by atoms with Gasteiger partial charge in [-0.1, -0.05) is 13.8 Å². The number of piperidine rings is 1. The van der Waals surface area contributed by atoms with E-state index in [2.05, 4.69) is 10.6 Å². The van der Waals surface area contributed by atoms with E-state index in [1.54, 1.807) is 6.92 Å². The first-order chi connectivity index (χ1) is 6.94. The fraction of sp³-hybridized carbons (Fsp3) is 0.900. The molecule has 0 aromatic rings. The van der Waals surface area contributed by atoms with Crippen LogP contribution in [-0.2, 0) is 4.79 Å². The Morgan fingerprint density at radius 3 is 2.87 bits per heavy atom. The standard InChI is InChI=1S/C10H18F2N2O/c1-3-7(2)9(15)14-8-4-10(11,12)6-13-5-8/h7-8,13H,3-6H2,1-2H3,(H,14,15). The molecule has 1 aliphatic heterocycles. The Kier molecular flexibility index (Phi) is 4.02.